The number of nitrogens with zero attached hydrogens (tertiary/aromatic N) is 2. The molecule has 3 aromatic rings. The summed E-state index contributed by atoms with van der Waals surface area (Å²) in [6.45, 7) is 3.51. The van der Waals surface area contributed by atoms with Crippen molar-refractivity contribution in [2.75, 3.05) is 12.4 Å². The summed E-state index contributed by atoms with van der Waals surface area (Å²) in [5, 5.41) is 0.225. The molecule has 0 unspecified atom stereocenters. The summed E-state index contributed by atoms with van der Waals surface area (Å²) >= 11 is 0. The molecule has 0 fully saturated rings. The Morgan fingerprint density at radius 3 is 2.10 bits per heavy atom. The van der Waals surface area contributed by atoms with E-state index in [9.17, 15) is 39.6 Å². The Balaban J connectivity index is 2.16. The summed E-state index contributed by atoms with van der Waals surface area (Å²) < 4.78 is 112. The second kappa shape index (κ2) is 11.4. The molecule has 6 nitrogen and oxygen atoms in total. The smallest absolute Gasteiger partial charge is 0.416 e. The van der Waals surface area contributed by atoms with Crippen LogP contribution >= 0.6 is 0 Å². The summed E-state index contributed by atoms with van der Waals surface area (Å²) in [6.07, 6.45) is -10.9. The van der Waals surface area contributed by atoms with Crippen LogP contribution in [-0.2, 0) is 40.0 Å². The number of pyridine rings is 1. The van der Waals surface area contributed by atoms with Gasteiger partial charge < -0.3 is 4.74 Å². The van der Waals surface area contributed by atoms with E-state index in [1.807, 2.05) is 0 Å². The molecule has 1 heterocycles. The van der Waals surface area contributed by atoms with Gasteiger partial charge in [0.05, 0.1) is 35.5 Å². The summed E-state index contributed by atoms with van der Waals surface area (Å²) in [5.74, 6) is -0.258. The second-order valence-electron chi connectivity index (χ2n) is 8.89. The number of halogens is 6. The van der Waals surface area contributed by atoms with Crippen molar-refractivity contribution in [1.29, 1.82) is 0 Å². The van der Waals surface area contributed by atoms with Crippen molar-refractivity contribution in [3.05, 3.63) is 70.3 Å². The van der Waals surface area contributed by atoms with E-state index in [-0.39, 0.29) is 35.4 Å². The van der Waals surface area contributed by atoms with E-state index < -0.39 is 58.1 Å². The minimum absolute atomic E-state index is 0.0107. The van der Waals surface area contributed by atoms with E-state index in [1.165, 1.54) is 13.0 Å². The molecular formula is C26H26F6N2O4S. The minimum Gasteiger partial charge on any atom is -0.450 e. The number of sulfone groups is 1. The zero-order valence-corrected chi connectivity index (χ0v) is 22.1. The number of alkyl halides is 6. The van der Waals surface area contributed by atoms with Gasteiger partial charge in [-0.05, 0) is 55.7 Å². The third-order valence-corrected chi connectivity index (χ3v) is 7.65. The Morgan fingerprint density at radius 1 is 0.949 bits per heavy atom. The largest absolute Gasteiger partial charge is 0.450 e. The highest BCUT2D eigenvalue weighted by atomic mass is 32.2. The Kier molecular flexibility index (Phi) is 8.83. The highest BCUT2D eigenvalue weighted by molar-refractivity contribution is 7.91. The van der Waals surface area contributed by atoms with Crippen LogP contribution in [0.3, 0.4) is 0 Å². The molecule has 13 heteroatoms. The molecular weight excluding hydrogens is 550 g/mol. The lowest BCUT2D eigenvalue weighted by atomic mass is 10.0. The number of aromatic nitrogens is 1. The molecule has 0 atom stereocenters. The van der Waals surface area contributed by atoms with Crippen LogP contribution in [0.2, 0.25) is 0 Å². The summed E-state index contributed by atoms with van der Waals surface area (Å²) in [7, 11) is -3.95. The van der Waals surface area contributed by atoms with Crippen LogP contribution in [0.5, 0.6) is 0 Å². The van der Waals surface area contributed by atoms with Crippen LogP contribution < -0.4 is 0 Å². The molecule has 0 saturated heterocycles. The SMILES string of the molecule is CCCS(=O)(=O)c1nc2c(C)cccc2cc1CN(Cc1cc(C(F)(F)F)cc(C(F)(F)F)c1)C(=O)OCC. The fourth-order valence-corrected chi connectivity index (χ4v) is 5.54. The second-order valence-corrected chi connectivity index (χ2v) is 10.9. The van der Waals surface area contributed by atoms with Gasteiger partial charge in [-0.2, -0.15) is 26.3 Å². The molecule has 0 bridgehead atoms. The van der Waals surface area contributed by atoms with E-state index in [1.54, 1.807) is 32.0 Å². The number of amides is 1. The maximum absolute atomic E-state index is 13.4. The van der Waals surface area contributed by atoms with Crippen molar-refractivity contribution >= 4 is 26.8 Å². The predicted octanol–water partition coefficient (Wildman–Crippen LogP) is 6.92. The average Bonchev–Trinajstić information content (AvgIpc) is 2.82. The number of benzene rings is 2. The highest BCUT2D eigenvalue weighted by Gasteiger charge is 2.37. The van der Waals surface area contributed by atoms with Crippen molar-refractivity contribution in [1.82, 2.24) is 9.88 Å². The van der Waals surface area contributed by atoms with Gasteiger partial charge in [0, 0.05) is 17.5 Å². The number of hydrogen-bond acceptors (Lipinski definition) is 5. The molecule has 1 amide bonds. The molecule has 39 heavy (non-hydrogen) atoms. The summed E-state index contributed by atoms with van der Waals surface area (Å²) in [5.41, 5.74) is -2.38. The lowest BCUT2D eigenvalue weighted by Gasteiger charge is -2.24. The van der Waals surface area contributed by atoms with Crippen LogP contribution in [0.1, 0.15) is 48.1 Å². The minimum atomic E-state index is -5.08. The van der Waals surface area contributed by atoms with Gasteiger partial charge in [0.15, 0.2) is 14.9 Å². The molecule has 0 saturated carbocycles. The monoisotopic (exact) mass is 576 g/mol. The van der Waals surface area contributed by atoms with Gasteiger partial charge in [-0.25, -0.2) is 18.2 Å². The molecule has 0 aliphatic carbocycles. The Hall–Kier alpha value is -3.35. The number of carbonyl (C=O) groups excluding carboxylic acids is 1. The van der Waals surface area contributed by atoms with Gasteiger partial charge >= 0.3 is 18.4 Å². The molecule has 0 N–H and O–H groups in total. The molecule has 212 valence electrons. The lowest BCUT2D eigenvalue weighted by molar-refractivity contribution is -0.143. The van der Waals surface area contributed by atoms with Gasteiger partial charge in [0.25, 0.3) is 0 Å². The van der Waals surface area contributed by atoms with Crippen molar-refractivity contribution in [3.63, 3.8) is 0 Å². The van der Waals surface area contributed by atoms with Crippen LogP contribution in [0, 0.1) is 6.92 Å². The molecule has 2 aromatic carbocycles. The number of aryl methyl sites for hydroxylation is 1. The van der Waals surface area contributed by atoms with Crippen molar-refractivity contribution in [3.8, 4) is 0 Å². The molecule has 0 radical (unpaired) electrons. The first-order valence-electron chi connectivity index (χ1n) is 11.9. The van der Waals surface area contributed by atoms with Crippen molar-refractivity contribution in [2.24, 2.45) is 0 Å². The van der Waals surface area contributed by atoms with Crippen molar-refractivity contribution < 1.29 is 44.3 Å². The van der Waals surface area contributed by atoms with Gasteiger partial charge in [-0.1, -0.05) is 25.1 Å². The summed E-state index contributed by atoms with van der Waals surface area (Å²) in [6, 6.07) is 7.64. The Labute approximate surface area is 221 Å². The topological polar surface area (TPSA) is 76.6 Å². The Bertz CT molecular complexity index is 1440. The molecule has 0 aliphatic heterocycles. The average molecular weight is 577 g/mol. The zero-order chi connectivity index (χ0) is 29.2. The third kappa shape index (κ3) is 7.20. The first-order valence-corrected chi connectivity index (χ1v) is 13.5. The highest BCUT2D eigenvalue weighted by Crippen LogP contribution is 2.37. The fourth-order valence-electron chi connectivity index (χ4n) is 4.06. The number of hydrogen-bond donors (Lipinski definition) is 0. The molecule has 0 spiro atoms. The third-order valence-electron chi connectivity index (χ3n) is 5.76. The first-order chi connectivity index (χ1) is 18.1. The maximum Gasteiger partial charge on any atom is 0.416 e. The number of rotatable bonds is 8. The normalized spacial score (nSPS) is 12.5. The fraction of sp³-hybridized carbons (Fsp3) is 0.385. The van der Waals surface area contributed by atoms with Gasteiger partial charge in [0.2, 0.25) is 0 Å². The molecule has 0 aliphatic rings. The zero-order valence-electron chi connectivity index (χ0n) is 21.3. The standard InChI is InChI=1S/C26H26F6N2O4S/c1-4-9-39(36,37)23-19(12-18-8-6-7-16(3)22(18)33-23)15-34(24(35)38-5-2)14-17-10-20(25(27,28)29)13-21(11-17)26(30,31)32/h6-8,10-13H,4-5,9,14-15H2,1-3H3. The first kappa shape index (κ1) is 30.2. The van der Waals surface area contributed by atoms with E-state index in [2.05, 4.69) is 4.98 Å². The Morgan fingerprint density at radius 2 is 1.56 bits per heavy atom. The number of fused-ring (bicyclic) bond motifs is 1. The van der Waals surface area contributed by atoms with Gasteiger partial charge in [-0.15, -0.1) is 0 Å². The maximum atomic E-state index is 13.4. The van der Waals surface area contributed by atoms with Crippen LogP contribution in [0.25, 0.3) is 10.9 Å². The van der Waals surface area contributed by atoms with Gasteiger partial charge in [-0.3, -0.25) is 4.90 Å². The number of carbonyl (C=O) groups is 1. The van der Waals surface area contributed by atoms with Crippen molar-refractivity contribution in [2.45, 2.75) is 57.7 Å². The van der Waals surface area contributed by atoms with E-state index in [4.69, 9.17) is 4.74 Å². The van der Waals surface area contributed by atoms with Crippen LogP contribution in [0.4, 0.5) is 31.1 Å². The van der Waals surface area contributed by atoms with Gasteiger partial charge in [0.1, 0.15) is 0 Å². The van der Waals surface area contributed by atoms with E-state index in [0.717, 1.165) is 4.90 Å². The van der Waals surface area contributed by atoms with E-state index in [0.29, 0.717) is 28.6 Å². The number of para-hydroxylation sites is 1. The summed E-state index contributed by atoms with van der Waals surface area (Å²) in [4.78, 5) is 18.0. The van der Waals surface area contributed by atoms with E-state index >= 15 is 0 Å². The van der Waals surface area contributed by atoms with Crippen LogP contribution in [-0.4, -0.2) is 36.8 Å². The number of ether oxygens (including phenoxy) is 1. The quantitative estimate of drug-likeness (QED) is 0.272. The predicted molar refractivity (Wildman–Crippen MR) is 132 cm³/mol. The molecule has 3 rings (SSSR count). The lowest BCUT2D eigenvalue weighted by Crippen LogP contribution is -2.32. The molecule has 1 aromatic heterocycles. The van der Waals surface area contributed by atoms with Crippen LogP contribution in [0.15, 0.2) is 47.5 Å².